The van der Waals surface area contributed by atoms with Crippen LogP contribution in [0.2, 0.25) is 0 Å². The molecule has 0 aliphatic carbocycles. The van der Waals surface area contributed by atoms with Gasteiger partial charge < -0.3 is 5.32 Å². The minimum absolute atomic E-state index is 0.135. The summed E-state index contributed by atoms with van der Waals surface area (Å²) in [5.41, 5.74) is 1.05. The number of rotatable bonds is 4. The quantitative estimate of drug-likeness (QED) is 0.933. The Kier molecular flexibility index (Phi) is 4.25. The largest absolute Gasteiger partial charge is 0.313 e. The molecule has 1 atom stereocenters. The molecule has 1 aromatic carbocycles. The Balaban J connectivity index is 2.23. The van der Waals surface area contributed by atoms with Crippen LogP contribution in [0, 0.1) is 5.82 Å². The average Bonchev–Trinajstić information content (AvgIpc) is 2.79. The molecule has 0 saturated carbocycles. The Hall–Kier alpha value is -0.780. The van der Waals surface area contributed by atoms with Crippen molar-refractivity contribution in [3.63, 3.8) is 0 Å². The van der Waals surface area contributed by atoms with E-state index < -0.39 is 0 Å². The Morgan fingerprint density at radius 2 is 2.35 bits per heavy atom. The van der Waals surface area contributed by atoms with Gasteiger partial charge >= 0.3 is 0 Å². The number of hydrogen-bond donors (Lipinski definition) is 1. The van der Waals surface area contributed by atoms with Gasteiger partial charge in [-0.15, -0.1) is 11.3 Å². The van der Waals surface area contributed by atoms with E-state index in [1.54, 1.807) is 23.6 Å². The number of thiazole rings is 1. The minimum Gasteiger partial charge on any atom is -0.313 e. The Morgan fingerprint density at radius 3 is 2.94 bits per heavy atom. The van der Waals surface area contributed by atoms with Crippen LogP contribution in [-0.2, 0) is 6.42 Å². The summed E-state index contributed by atoms with van der Waals surface area (Å²) in [6, 6.07) is 4.90. The summed E-state index contributed by atoms with van der Waals surface area (Å²) in [5.74, 6) is -0.232. The van der Waals surface area contributed by atoms with Crippen LogP contribution in [-0.4, -0.2) is 12.0 Å². The molecule has 0 radical (unpaired) electrons. The van der Waals surface area contributed by atoms with Crippen molar-refractivity contribution in [1.29, 1.82) is 0 Å². The molecular formula is C12H12BrFN2S. The molecule has 1 unspecified atom stereocenters. The highest BCUT2D eigenvalue weighted by atomic mass is 79.9. The maximum atomic E-state index is 13.0. The van der Waals surface area contributed by atoms with Crippen LogP contribution >= 0.6 is 27.3 Å². The van der Waals surface area contributed by atoms with Crippen molar-refractivity contribution in [2.75, 3.05) is 7.05 Å². The molecule has 1 N–H and O–H groups in total. The Labute approximate surface area is 112 Å². The number of hydrogen-bond acceptors (Lipinski definition) is 3. The summed E-state index contributed by atoms with van der Waals surface area (Å²) in [6.45, 7) is 0. The Bertz CT molecular complexity index is 487. The number of likely N-dealkylation sites (N-methyl/N-ethyl adjacent to an activating group) is 1. The monoisotopic (exact) mass is 314 g/mol. The molecule has 2 aromatic rings. The molecule has 90 valence electrons. The van der Waals surface area contributed by atoms with Gasteiger partial charge in [0.25, 0.3) is 0 Å². The van der Waals surface area contributed by atoms with E-state index in [0.717, 1.165) is 21.5 Å². The van der Waals surface area contributed by atoms with Gasteiger partial charge in [-0.1, -0.05) is 22.0 Å². The zero-order valence-electron chi connectivity index (χ0n) is 9.28. The van der Waals surface area contributed by atoms with E-state index in [9.17, 15) is 4.39 Å². The van der Waals surface area contributed by atoms with E-state index in [4.69, 9.17) is 0 Å². The number of nitrogens with zero attached hydrogens (tertiary/aromatic N) is 1. The van der Waals surface area contributed by atoms with Crippen LogP contribution in [0.5, 0.6) is 0 Å². The minimum atomic E-state index is -0.232. The fourth-order valence-electron chi connectivity index (χ4n) is 1.68. The van der Waals surface area contributed by atoms with Gasteiger partial charge in [-0.3, -0.25) is 0 Å². The molecule has 1 heterocycles. The van der Waals surface area contributed by atoms with Crippen LogP contribution < -0.4 is 5.32 Å². The van der Waals surface area contributed by atoms with Gasteiger partial charge in [0.15, 0.2) is 0 Å². The number of halogens is 2. The second-order valence-corrected chi connectivity index (χ2v) is 5.47. The van der Waals surface area contributed by atoms with Crippen molar-refractivity contribution >= 4 is 27.3 Å². The highest BCUT2D eigenvalue weighted by Gasteiger charge is 2.14. The van der Waals surface area contributed by atoms with Gasteiger partial charge in [0, 0.05) is 28.5 Å². The van der Waals surface area contributed by atoms with Crippen molar-refractivity contribution in [1.82, 2.24) is 10.3 Å². The van der Waals surface area contributed by atoms with Crippen molar-refractivity contribution < 1.29 is 4.39 Å². The fraction of sp³-hybridized carbons (Fsp3) is 0.250. The maximum absolute atomic E-state index is 13.0. The van der Waals surface area contributed by atoms with Gasteiger partial charge in [-0.25, -0.2) is 9.37 Å². The highest BCUT2D eigenvalue weighted by Crippen LogP contribution is 2.27. The van der Waals surface area contributed by atoms with Crippen molar-refractivity contribution in [3.05, 3.63) is 50.6 Å². The van der Waals surface area contributed by atoms with Gasteiger partial charge in [-0.2, -0.15) is 0 Å². The van der Waals surface area contributed by atoms with Crippen LogP contribution in [0.4, 0.5) is 4.39 Å². The summed E-state index contributed by atoms with van der Waals surface area (Å²) >= 11 is 5.03. The van der Waals surface area contributed by atoms with Crippen LogP contribution in [0.25, 0.3) is 0 Å². The van der Waals surface area contributed by atoms with Crippen LogP contribution in [0.1, 0.15) is 16.6 Å². The first-order chi connectivity index (χ1) is 8.20. The summed E-state index contributed by atoms with van der Waals surface area (Å²) < 4.78 is 13.8. The third-order valence-electron chi connectivity index (χ3n) is 2.55. The van der Waals surface area contributed by atoms with Gasteiger partial charge in [-0.05, 0) is 24.7 Å². The SMILES string of the molecule is CNC(Cc1nccs1)c1ccc(F)cc1Br. The summed E-state index contributed by atoms with van der Waals surface area (Å²) in [4.78, 5) is 4.27. The fourth-order valence-corrected chi connectivity index (χ4v) is 2.97. The summed E-state index contributed by atoms with van der Waals surface area (Å²) in [6.07, 6.45) is 2.60. The third-order valence-corrected chi connectivity index (χ3v) is 4.04. The maximum Gasteiger partial charge on any atom is 0.124 e. The van der Waals surface area contributed by atoms with Crippen molar-refractivity contribution in [3.8, 4) is 0 Å². The molecule has 2 rings (SSSR count). The molecule has 0 aliphatic heterocycles. The van der Waals surface area contributed by atoms with E-state index in [1.807, 2.05) is 12.4 Å². The second kappa shape index (κ2) is 5.71. The predicted octanol–water partition coefficient (Wildman–Crippen LogP) is 3.55. The standard InChI is InChI=1S/C12H12BrFN2S/c1-15-11(7-12-16-4-5-17-12)9-3-2-8(14)6-10(9)13/h2-6,11,15H,7H2,1H3. The number of aromatic nitrogens is 1. The number of benzene rings is 1. The molecule has 5 heteroatoms. The van der Waals surface area contributed by atoms with Gasteiger partial charge in [0.05, 0.1) is 5.01 Å². The third kappa shape index (κ3) is 3.12. The summed E-state index contributed by atoms with van der Waals surface area (Å²) in [7, 11) is 1.90. The Morgan fingerprint density at radius 1 is 1.53 bits per heavy atom. The lowest BCUT2D eigenvalue weighted by molar-refractivity contribution is 0.581. The first-order valence-electron chi connectivity index (χ1n) is 5.21. The van der Waals surface area contributed by atoms with E-state index in [-0.39, 0.29) is 11.9 Å². The van der Waals surface area contributed by atoms with Crippen molar-refractivity contribution in [2.45, 2.75) is 12.5 Å². The van der Waals surface area contributed by atoms with Crippen LogP contribution in [0.15, 0.2) is 34.2 Å². The van der Waals surface area contributed by atoms with Gasteiger partial charge in [0.1, 0.15) is 5.82 Å². The molecule has 0 aliphatic rings. The van der Waals surface area contributed by atoms with E-state index in [0.29, 0.717) is 0 Å². The van der Waals surface area contributed by atoms with Crippen molar-refractivity contribution in [2.24, 2.45) is 0 Å². The molecule has 0 saturated heterocycles. The first-order valence-corrected chi connectivity index (χ1v) is 6.88. The predicted molar refractivity (Wildman–Crippen MR) is 71.7 cm³/mol. The average molecular weight is 315 g/mol. The lowest BCUT2D eigenvalue weighted by atomic mass is 10.0. The molecule has 17 heavy (non-hydrogen) atoms. The summed E-state index contributed by atoms with van der Waals surface area (Å²) in [5, 5.41) is 6.26. The lowest BCUT2D eigenvalue weighted by Crippen LogP contribution is -2.19. The van der Waals surface area contributed by atoms with E-state index in [1.165, 1.54) is 12.1 Å². The molecule has 0 spiro atoms. The number of nitrogens with one attached hydrogen (secondary N) is 1. The zero-order valence-corrected chi connectivity index (χ0v) is 11.7. The van der Waals surface area contributed by atoms with Crippen LogP contribution in [0.3, 0.4) is 0 Å². The van der Waals surface area contributed by atoms with E-state index >= 15 is 0 Å². The molecule has 1 aromatic heterocycles. The first kappa shape index (κ1) is 12.7. The molecule has 2 nitrogen and oxygen atoms in total. The zero-order chi connectivity index (χ0) is 12.3. The van der Waals surface area contributed by atoms with Gasteiger partial charge in [0.2, 0.25) is 0 Å². The normalized spacial score (nSPS) is 12.6. The lowest BCUT2D eigenvalue weighted by Gasteiger charge is -2.17. The molecule has 0 amide bonds. The molecule has 0 bridgehead atoms. The highest BCUT2D eigenvalue weighted by molar-refractivity contribution is 9.10. The molecular weight excluding hydrogens is 303 g/mol. The smallest absolute Gasteiger partial charge is 0.124 e. The van der Waals surface area contributed by atoms with E-state index in [2.05, 4.69) is 26.2 Å². The molecule has 0 fully saturated rings. The second-order valence-electron chi connectivity index (χ2n) is 3.64. The topological polar surface area (TPSA) is 24.9 Å².